The van der Waals surface area contributed by atoms with Gasteiger partial charge in [-0.15, -0.1) is 0 Å². The van der Waals surface area contributed by atoms with E-state index in [1.165, 1.54) is 17.5 Å². The maximum Gasteiger partial charge on any atom is 0.123 e. The maximum atomic E-state index is 5.80. The van der Waals surface area contributed by atoms with Crippen molar-refractivity contribution in [3.8, 4) is 5.75 Å². The average molecular weight is 267 g/mol. The monoisotopic (exact) mass is 267 g/mol. The first-order valence-electron chi connectivity index (χ1n) is 7.39. The molecule has 0 aromatic heterocycles. The highest BCUT2D eigenvalue weighted by Gasteiger charge is 2.14. The summed E-state index contributed by atoms with van der Waals surface area (Å²) in [4.78, 5) is 2.49. The quantitative estimate of drug-likeness (QED) is 0.840. The summed E-state index contributed by atoms with van der Waals surface area (Å²) in [6, 6.07) is 19.1. The molecule has 104 valence electrons. The van der Waals surface area contributed by atoms with Crippen LogP contribution in [0.3, 0.4) is 0 Å². The van der Waals surface area contributed by atoms with Gasteiger partial charge in [-0.05, 0) is 31.0 Å². The Morgan fingerprint density at radius 1 is 0.950 bits per heavy atom. The third-order valence-corrected chi connectivity index (χ3v) is 3.81. The smallest absolute Gasteiger partial charge is 0.123 e. The predicted molar refractivity (Wildman–Crippen MR) is 82.0 cm³/mol. The molecule has 2 aromatic carbocycles. The van der Waals surface area contributed by atoms with Crippen molar-refractivity contribution in [1.82, 2.24) is 4.90 Å². The summed E-state index contributed by atoms with van der Waals surface area (Å²) in [6.45, 7) is 3.95. The molecule has 1 heterocycles. The molecule has 0 unspecified atom stereocenters. The third-order valence-electron chi connectivity index (χ3n) is 3.81. The van der Waals surface area contributed by atoms with Crippen molar-refractivity contribution in [3.63, 3.8) is 0 Å². The van der Waals surface area contributed by atoms with Crippen LogP contribution in [0.5, 0.6) is 5.75 Å². The van der Waals surface area contributed by atoms with Crippen molar-refractivity contribution in [1.29, 1.82) is 0 Å². The molecule has 0 saturated heterocycles. The molecular weight excluding hydrogens is 246 g/mol. The molecule has 1 aliphatic heterocycles. The van der Waals surface area contributed by atoms with Crippen LogP contribution < -0.4 is 4.74 Å². The molecule has 2 heteroatoms. The van der Waals surface area contributed by atoms with E-state index < -0.39 is 0 Å². The zero-order chi connectivity index (χ0) is 13.6. The Bertz CT molecular complexity index is 538. The molecule has 0 radical (unpaired) electrons. The van der Waals surface area contributed by atoms with Crippen molar-refractivity contribution >= 4 is 0 Å². The lowest BCUT2D eigenvalue weighted by Crippen LogP contribution is -2.27. The Balaban J connectivity index is 1.54. The highest BCUT2D eigenvalue weighted by Crippen LogP contribution is 2.22. The minimum absolute atomic E-state index is 0.794. The van der Waals surface area contributed by atoms with Crippen molar-refractivity contribution in [2.75, 3.05) is 19.7 Å². The number of aryl methyl sites for hydroxylation is 1. The summed E-state index contributed by atoms with van der Waals surface area (Å²) in [7, 11) is 0. The summed E-state index contributed by atoms with van der Waals surface area (Å²) >= 11 is 0. The van der Waals surface area contributed by atoms with Crippen molar-refractivity contribution in [3.05, 3.63) is 65.7 Å². The number of hydrogen-bond donors (Lipinski definition) is 0. The molecule has 0 N–H and O–H groups in total. The highest BCUT2D eigenvalue weighted by atomic mass is 16.5. The van der Waals surface area contributed by atoms with Gasteiger partial charge in [0.2, 0.25) is 0 Å². The van der Waals surface area contributed by atoms with Gasteiger partial charge in [-0.3, -0.25) is 4.90 Å². The standard InChI is InChI=1S/C18H21NO/c1-2-7-16(8-3-1)9-6-12-19-13-14-20-18-11-5-4-10-17(18)15-19/h1-5,7-8,10-11H,6,9,12-15H2. The first-order chi connectivity index (χ1) is 9.92. The van der Waals surface area contributed by atoms with Gasteiger partial charge in [-0.2, -0.15) is 0 Å². The van der Waals surface area contributed by atoms with Crippen LogP contribution in [0.15, 0.2) is 54.6 Å². The zero-order valence-electron chi connectivity index (χ0n) is 11.8. The van der Waals surface area contributed by atoms with E-state index >= 15 is 0 Å². The number of fused-ring (bicyclic) bond motifs is 1. The zero-order valence-corrected chi connectivity index (χ0v) is 11.8. The van der Waals surface area contributed by atoms with Crippen LogP contribution in [0.2, 0.25) is 0 Å². The molecule has 0 bridgehead atoms. The lowest BCUT2D eigenvalue weighted by molar-refractivity contribution is 0.224. The van der Waals surface area contributed by atoms with Gasteiger partial charge in [-0.25, -0.2) is 0 Å². The highest BCUT2D eigenvalue weighted by molar-refractivity contribution is 5.33. The Kier molecular flexibility index (Phi) is 4.34. The second kappa shape index (κ2) is 6.58. The van der Waals surface area contributed by atoms with Crippen molar-refractivity contribution < 1.29 is 4.74 Å². The number of nitrogens with zero attached hydrogens (tertiary/aromatic N) is 1. The lowest BCUT2D eigenvalue weighted by atomic mass is 10.1. The molecule has 20 heavy (non-hydrogen) atoms. The topological polar surface area (TPSA) is 12.5 Å². The Labute approximate surface area is 121 Å². The second-order valence-corrected chi connectivity index (χ2v) is 5.32. The van der Waals surface area contributed by atoms with Crippen LogP contribution >= 0.6 is 0 Å². The minimum atomic E-state index is 0.794. The third kappa shape index (κ3) is 3.40. The molecule has 0 fully saturated rings. The van der Waals surface area contributed by atoms with E-state index in [2.05, 4.69) is 53.4 Å². The van der Waals surface area contributed by atoms with Crippen LogP contribution in [0.1, 0.15) is 17.5 Å². The van der Waals surface area contributed by atoms with E-state index in [0.29, 0.717) is 0 Å². The van der Waals surface area contributed by atoms with Gasteiger partial charge in [0.05, 0.1) is 0 Å². The number of hydrogen-bond acceptors (Lipinski definition) is 2. The van der Waals surface area contributed by atoms with Crippen molar-refractivity contribution in [2.45, 2.75) is 19.4 Å². The molecule has 3 rings (SSSR count). The SMILES string of the molecule is c1ccc(CCCN2CCOc3ccccc3C2)cc1. The molecule has 0 spiro atoms. The van der Waals surface area contributed by atoms with Gasteiger partial charge in [0.1, 0.15) is 12.4 Å². The van der Waals surface area contributed by atoms with Gasteiger partial charge in [0.25, 0.3) is 0 Å². The summed E-state index contributed by atoms with van der Waals surface area (Å²) in [5.74, 6) is 1.05. The van der Waals surface area contributed by atoms with Gasteiger partial charge in [0.15, 0.2) is 0 Å². The van der Waals surface area contributed by atoms with Crippen LogP contribution in [0, 0.1) is 0 Å². The largest absolute Gasteiger partial charge is 0.492 e. The predicted octanol–water partition coefficient (Wildman–Crippen LogP) is 3.51. The summed E-state index contributed by atoms with van der Waals surface area (Å²) in [6.07, 6.45) is 2.35. The molecule has 0 atom stereocenters. The van der Waals surface area contributed by atoms with Gasteiger partial charge < -0.3 is 4.74 Å². The Morgan fingerprint density at radius 2 is 1.75 bits per heavy atom. The molecule has 1 aliphatic rings. The number of para-hydroxylation sites is 1. The van der Waals surface area contributed by atoms with Crippen LogP contribution in [-0.4, -0.2) is 24.6 Å². The van der Waals surface area contributed by atoms with Crippen LogP contribution in [0.25, 0.3) is 0 Å². The molecule has 2 aromatic rings. The minimum Gasteiger partial charge on any atom is -0.492 e. The first kappa shape index (κ1) is 13.2. The lowest BCUT2D eigenvalue weighted by Gasteiger charge is -2.19. The van der Waals surface area contributed by atoms with Crippen molar-refractivity contribution in [2.24, 2.45) is 0 Å². The molecule has 2 nitrogen and oxygen atoms in total. The number of benzene rings is 2. The number of ether oxygens (including phenoxy) is 1. The first-order valence-corrected chi connectivity index (χ1v) is 7.39. The average Bonchev–Trinajstić information content (AvgIpc) is 2.70. The van der Waals surface area contributed by atoms with E-state index in [9.17, 15) is 0 Å². The van der Waals surface area contributed by atoms with Gasteiger partial charge >= 0.3 is 0 Å². The van der Waals surface area contributed by atoms with Gasteiger partial charge in [-0.1, -0.05) is 48.5 Å². The Hall–Kier alpha value is -1.80. The summed E-state index contributed by atoms with van der Waals surface area (Å²) in [5, 5.41) is 0. The van der Waals surface area contributed by atoms with Crippen LogP contribution in [0.4, 0.5) is 0 Å². The fraction of sp³-hybridized carbons (Fsp3) is 0.333. The van der Waals surface area contributed by atoms with Crippen LogP contribution in [-0.2, 0) is 13.0 Å². The molecule has 0 aliphatic carbocycles. The normalized spacial score (nSPS) is 15.2. The van der Waals surface area contributed by atoms with E-state index in [0.717, 1.165) is 38.4 Å². The number of rotatable bonds is 4. The fourth-order valence-electron chi connectivity index (χ4n) is 2.72. The molecule has 0 saturated carbocycles. The van der Waals surface area contributed by atoms with Gasteiger partial charge in [0, 0.05) is 18.7 Å². The summed E-state index contributed by atoms with van der Waals surface area (Å²) in [5.41, 5.74) is 2.74. The van der Waals surface area contributed by atoms with E-state index in [-0.39, 0.29) is 0 Å². The second-order valence-electron chi connectivity index (χ2n) is 5.32. The Morgan fingerprint density at radius 3 is 2.65 bits per heavy atom. The van der Waals surface area contributed by atoms with E-state index in [4.69, 9.17) is 4.74 Å². The fourth-order valence-corrected chi connectivity index (χ4v) is 2.72. The maximum absolute atomic E-state index is 5.80. The van der Waals surface area contributed by atoms with E-state index in [1.54, 1.807) is 0 Å². The summed E-state index contributed by atoms with van der Waals surface area (Å²) < 4.78 is 5.80. The van der Waals surface area contributed by atoms with E-state index in [1.807, 2.05) is 6.07 Å². The molecular formula is C18H21NO. The molecule has 0 amide bonds.